The third kappa shape index (κ3) is 5.52. The van der Waals surface area contributed by atoms with Gasteiger partial charge in [-0.05, 0) is 54.4 Å². The van der Waals surface area contributed by atoms with Crippen LogP contribution < -0.4 is 4.74 Å². The zero-order valence-corrected chi connectivity index (χ0v) is 22.8. The summed E-state index contributed by atoms with van der Waals surface area (Å²) in [6.45, 7) is 0.867. The van der Waals surface area contributed by atoms with Crippen LogP contribution in [0.4, 0.5) is 13.2 Å². The Bertz CT molecular complexity index is 1790. The Labute approximate surface area is 240 Å². The number of aromatic carboxylic acids is 1. The highest BCUT2D eigenvalue weighted by Crippen LogP contribution is 2.37. The molecule has 3 heterocycles. The van der Waals surface area contributed by atoms with Crippen molar-refractivity contribution in [2.75, 3.05) is 6.61 Å². The fraction of sp³-hybridized carbons (Fsp3) is 0.207. The molecule has 5 aromatic rings. The number of nitrogens with zero attached hydrogens (tertiary/aromatic N) is 3. The van der Waals surface area contributed by atoms with Crippen molar-refractivity contribution < 1.29 is 32.5 Å². The van der Waals surface area contributed by atoms with Gasteiger partial charge in [-0.2, -0.15) is 0 Å². The first-order valence-corrected chi connectivity index (χ1v) is 13.8. The Kier molecular flexibility index (Phi) is 7.41. The molecular weight excluding hydrogens is 579 g/mol. The van der Waals surface area contributed by atoms with E-state index in [0.717, 1.165) is 36.0 Å². The topological polar surface area (TPSA) is 86.5 Å². The molecule has 0 bridgehead atoms. The van der Waals surface area contributed by atoms with Crippen molar-refractivity contribution in [1.29, 1.82) is 0 Å². The van der Waals surface area contributed by atoms with Crippen LogP contribution in [0.5, 0.6) is 5.88 Å². The van der Waals surface area contributed by atoms with Crippen LogP contribution in [-0.4, -0.2) is 38.3 Å². The third-order valence-electron chi connectivity index (χ3n) is 6.90. The number of imidazole rings is 1. The van der Waals surface area contributed by atoms with Crippen LogP contribution in [0.2, 0.25) is 5.02 Å². The van der Waals surface area contributed by atoms with E-state index in [1.165, 1.54) is 29.8 Å². The van der Waals surface area contributed by atoms with E-state index in [2.05, 4.69) is 9.97 Å². The molecule has 0 radical (unpaired) electrons. The number of hydrogen-bond acceptors (Lipinski definition) is 6. The molecule has 1 aliphatic heterocycles. The maximum atomic E-state index is 15.5. The number of halogens is 4. The number of benzene rings is 3. The van der Waals surface area contributed by atoms with Crippen LogP contribution in [0, 0.1) is 17.5 Å². The van der Waals surface area contributed by atoms with Crippen molar-refractivity contribution in [1.82, 2.24) is 14.5 Å². The Morgan fingerprint density at radius 1 is 1.10 bits per heavy atom. The Balaban J connectivity index is 1.29. The molecule has 1 saturated heterocycles. The number of hydrogen-bond donors (Lipinski definition) is 1. The minimum absolute atomic E-state index is 0.0330. The summed E-state index contributed by atoms with van der Waals surface area (Å²) in [6.07, 6.45) is 0.725. The van der Waals surface area contributed by atoms with Crippen LogP contribution in [0.3, 0.4) is 0 Å². The highest BCUT2D eigenvalue weighted by Gasteiger charge is 2.24. The number of fused-ring (bicyclic) bond motifs is 1. The highest BCUT2D eigenvalue weighted by molar-refractivity contribution is 7.13. The number of rotatable bonds is 9. The first kappa shape index (κ1) is 27.3. The molecule has 1 aliphatic rings. The van der Waals surface area contributed by atoms with Gasteiger partial charge in [0.05, 0.1) is 34.8 Å². The van der Waals surface area contributed by atoms with Gasteiger partial charge in [0.2, 0.25) is 5.88 Å². The van der Waals surface area contributed by atoms with E-state index >= 15 is 8.78 Å². The summed E-state index contributed by atoms with van der Waals surface area (Å²) < 4.78 is 58.1. The predicted molar refractivity (Wildman–Crippen MR) is 147 cm³/mol. The molecule has 0 spiro atoms. The lowest BCUT2D eigenvalue weighted by Crippen LogP contribution is -2.31. The van der Waals surface area contributed by atoms with Gasteiger partial charge in [-0.15, -0.1) is 11.3 Å². The zero-order valence-electron chi connectivity index (χ0n) is 21.2. The summed E-state index contributed by atoms with van der Waals surface area (Å²) in [6, 6.07) is 10.9. The van der Waals surface area contributed by atoms with Crippen LogP contribution in [-0.2, 0) is 24.3 Å². The number of ether oxygens (including phenoxy) is 2. The molecule has 1 atom stereocenters. The smallest absolute Gasteiger partial charge is 0.335 e. The standard InChI is InChI=1S/C29H21ClF3N3O4S/c30-18-3-1-16(21(31)10-18)13-40-28-27(41-14-34-28)20-11-22(32)17(7-23(20)33)9-26-35-24-4-2-15(29(37)38)8-25(24)36(26)12-19-5-6-39-19/h1-4,7-8,10-11,14,19H,5-6,9,12-13H2,(H,37,38)/t19-/m0/s1. The summed E-state index contributed by atoms with van der Waals surface area (Å²) in [5, 5.41) is 9.69. The second-order valence-corrected chi connectivity index (χ2v) is 10.8. The number of carbonyl (C=O) groups is 1. The maximum Gasteiger partial charge on any atom is 0.335 e. The molecule has 41 heavy (non-hydrogen) atoms. The van der Waals surface area contributed by atoms with E-state index in [4.69, 9.17) is 21.1 Å². The molecule has 0 amide bonds. The lowest BCUT2D eigenvalue weighted by molar-refractivity contribution is -0.0589. The van der Waals surface area contributed by atoms with E-state index < -0.39 is 23.4 Å². The Morgan fingerprint density at radius 3 is 2.63 bits per heavy atom. The summed E-state index contributed by atoms with van der Waals surface area (Å²) in [4.78, 5) is 20.5. The average molecular weight is 600 g/mol. The molecule has 0 unspecified atom stereocenters. The van der Waals surface area contributed by atoms with Gasteiger partial charge in [0, 0.05) is 29.2 Å². The lowest BCUT2D eigenvalue weighted by Gasteiger charge is -2.27. The zero-order chi connectivity index (χ0) is 28.7. The Morgan fingerprint density at radius 2 is 1.90 bits per heavy atom. The fourth-order valence-corrected chi connectivity index (χ4v) is 5.56. The number of aromatic nitrogens is 3. The quantitative estimate of drug-likeness (QED) is 0.199. The van der Waals surface area contributed by atoms with E-state index in [0.29, 0.717) is 30.0 Å². The summed E-state index contributed by atoms with van der Waals surface area (Å²) in [5.41, 5.74) is 2.93. The van der Waals surface area contributed by atoms with Gasteiger partial charge in [-0.3, -0.25) is 0 Å². The van der Waals surface area contributed by atoms with Gasteiger partial charge >= 0.3 is 5.97 Å². The predicted octanol–water partition coefficient (Wildman–Crippen LogP) is 6.89. The fourth-order valence-electron chi connectivity index (χ4n) is 4.65. The summed E-state index contributed by atoms with van der Waals surface area (Å²) in [5.74, 6) is -2.47. The van der Waals surface area contributed by atoms with Crippen molar-refractivity contribution in [2.24, 2.45) is 0 Å². The van der Waals surface area contributed by atoms with Crippen molar-refractivity contribution in [2.45, 2.75) is 32.1 Å². The average Bonchev–Trinajstić information content (AvgIpc) is 3.51. The van der Waals surface area contributed by atoms with Gasteiger partial charge in [0.25, 0.3) is 0 Å². The van der Waals surface area contributed by atoms with Crippen LogP contribution >= 0.6 is 22.9 Å². The molecule has 0 aliphatic carbocycles. The van der Waals surface area contributed by atoms with Gasteiger partial charge in [-0.1, -0.05) is 17.7 Å². The van der Waals surface area contributed by atoms with Crippen molar-refractivity contribution in [3.63, 3.8) is 0 Å². The SMILES string of the molecule is O=C(O)c1ccc2nc(Cc3cc(F)c(-c4scnc4OCc4ccc(Cl)cc4F)cc3F)n(C[C@@H]3CCO3)c2c1. The van der Waals surface area contributed by atoms with Gasteiger partial charge in [0.15, 0.2) is 0 Å². The molecular formula is C29H21ClF3N3O4S. The van der Waals surface area contributed by atoms with Gasteiger partial charge < -0.3 is 19.1 Å². The van der Waals surface area contributed by atoms with E-state index in [-0.39, 0.29) is 57.2 Å². The summed E-state index contributed by atoms with van der Waals surface area (Å²) in [7, 11) is 0. The molecule has 210 valence electrons. The van der Waals surface area contributed by atoms with Crippen LogP contribution in [0.1, 0.15) is 33.7 Å². The molecule has 6 rings (SSSR count). The third-order valence-corrected chi connectivity index (χ3v) is 7.97. The second-order valence-electron chi connectivity index (χ2n) is 9.54. The molecule has 2 aromatic heterocycles. The van der Waals surface area contributed by atoms with Gasteiger partial charge in [0.1, 0.15) is 34.8 Å². The monoisotopic (exact) mass is 599 g/mol. The number of carboxylic acids is 1. The molecule has 0 saturated carbocycles. The first-order valence-electron chi connectivity index (χ1n) is 12.6. The summed E-state index contributed by atoms with van der Waals surface area (Å²) >= 11 is 6.86. The van der Waals surface area contributed by atoms with Crippen molar-refractivity contribution >= 4 is 39.9 Å². The second kappa shape index (κ2) is 11.2. The molecule has 12 heteroatoms. The van der Waals surface area contributed by atoms with E-state index in [1.807, 2.05) is 4.57 Å². The first-order chi connectivity index (χ1) is 19.8. The minimum Gasteiger partial charge on any atom is -0.478 e. The van der Waals surface area contributed by atoms with E-state index in [1.54, 1.807) is 6.07 Å². The molecule has 1 fully saturated rings. The van der Waals surface area contributed by atoms with Crippen molar-refractivity contribution in [3.05, 3.63) is 99.0 Å². The largest absolute Gasteiger partial charge is 0.478 e. The number of thiazole rings is 1. The lowest BCUT2D eigenvalue weighted by atomic mass is 10.1. The molecule has 1 N–H and O–H groups in total. The van der Waals surface area contributed by atoms with E-state index in [9.17, 15) is 14.3 Å². The highest BCUT2D eigenvalue weighted by atomic mass is 35.5. The molecule has 7 nitrogen and oxygen atoms in total. The Hall–Kier alpha value is -3.93. The maximum absolute atomic E-state index is 15.5. The minimum atomic E-state index is -1.07. The molecule has 3 aromatic carbocycles. The normalized spacial score (nSPS) is 14.8. The van der Waals surface area contributed by atoms with Crippen LogP contribution in [0.15, 0.2) is 54.0 Å². The number of carboxylic acid groups (broad SMARTS) is 1. The van der Waals surface area contributed by atoms with Crippen LogP contribution in [0.25, 0.3) is 21.5 Å². The van der Waals surface area contributed by atoms with Gasteiger partial charge in [-0.25, -0.2) is 27.9 Å². The van der Waals surface area contributed by atoms with Crippen molar-refractivity contribution in [3.8, 4) is 16.3 Å².